The number of hydrogen-bond acceptors (Lipinski definition) is 1. The molecule has 0 saturated carbocycles. The van der Waals surface area contributed by atoms with E-state index in [-0.39, 0.29) is 0 Å². The summed E-state index contributed by atoms with van der Waals surface area (Å²) in [6, 6.07) is 80.5. The highest BCUT2D eigenvalue weighted by Gasteiger charge is 2.24. The average molecular weight is 765 g/mol. The predicted octanol–water partition coefficient (Wildman–Crippen LogP) is 15.4. The van der Waals surface area contributed by atoms with E-state index in [1.807, 2.05) is 0 Å². The van der Waals surface area contributed by atoms with E-state index >= 15 is 0 Å². The highest BCUT2D eigenvalue weighted by Crippen LogP contribution is 2.45. The summed E-state index contributed by atoms with van der Waals surface area (Å²) in [5.74, 6) is 0. The second kappa shape index (κ2) is 14.0. The number of anilines is 3. The lowest BCUT2D eigenvalue weighted by Crippen LogP contribution is -2.14. The fraction of sp³-hybridized carbons (Fsp3) is 0.0345. The molecule has 0 radical (unpaired) electrons. The molecule has 11 aromatic rings. The summed E-state index contributed by atoms with van der Waals surface area (Å²) in [6.45, 7) is 0. The van der Waals surface area contributed by atoms with Crippen molar-refractivity contribution in [3.05, 3.63) is 241 Å². The van der Waals surface area contributed by atoms with Gasteiger partial charge in [0.2, 0.25) is 0 Å². The minimum atomic E-state index is 0.834. The normalized spacial score (nSPS) is 12.2. The lowest BCUT2D eigenvalue weighted by Gasteiger charge is -2.30. The average Bonchev–Trinajstić information content (AvgIpc) is 3.64. The Morgan fingerprint density at radius 2 is 0.883 bits per heavy atom. The lowest BCUT2D eigenvalue weighted by molar-refractivity contribution is 1.14. The Balaban J connectivity index is 1.04. The molecule has 0 amide bonds. The van der Waals surface area contributed by atoms with Gasteiger partial charge in [0.15, 0.2) is 0 Å². The molecule has 10 aromatic carbocycles. The van der Waals surface area contributed by atoms with Crippen LogP contribution in [-0.4, -0.2) is 4.57 Å². The van der Waals surface area contributed by atoms with Crippen molar-refractivity contribution in [3.63, 3.8) is 0 Å². The molecule has 2 nitrogen and oxygen atoms in total. The molecule has 1 aliphatic carbocycles. The van der Waals surface area contributed by atoms with Gasteiger partial charge in [-0.3, -0.25) is 0 Å². The smallest absolute Gasteiger partial charge is 0.0541 e. The molecule has 1 aromatic heterocycles. The Morgan fingerprint density at radius 1 is 0.350 bits per heavy atom. The van der Waals surface area contributed by atoms with Crippen LogP contribution in [0, 0.1) is 0 Å². The molecular weight excluding hydrogens is 725 g/mol. The van der Waals surface area contributed by atoms with Crippen LogP contribution < -0.4 is 4.90 Å². The van der Waals surface area contributed by atoms with Gasteiger partial charge >= 0.3 is 0 Å². The molecule has 1 heterocycles. The summed E-state index contributed by atoms with van der Waals surface area (Å²) in [7, 11) is 0. The van der Waals surface area contributed by atoms with E-state index in [4.69, 9.17) is 0 Å². The van der Waals surface area contributed by atoms with Crippen molar-refractivity contribution in [2.45, 2.75) is 12.8 Å². The fourth-order valence-electron chi connectivity index (χ4n) is 9.92. The van der Waals surface area contributed by atoms with Gasteiger partial charge in [-0.1, -0.05) is 158 Å². The molecule has 12 rings (SSSR count). The second-order valence-electron chi connectivity index (χ2n) is 16.1. The zero-order valence-corrected chi connectivity index (χ0v) is 33.1. The van der Waals surface area contributed by atoms with Crippen molar-refractivity contribution < 1.29 is 0 Å². The minimum Gasteiger partial charge on any atom is -0.310 e. The first-order chi connectivity index (χ1) is 29.7. The zero-order chi connectivity index (χ0) is 39.6. The van der Waals surface area contributed by atoms with Gasteiger partial charge in [-0.2, -0.15) is 0 Å². The molecule has 0 atom stereocenters. The maximum absolute atomic E-state index is 2.48. The summed E-state index contributed by atoms with van der Waals surface area (Å²) in [5.41, 5.74) is 17.4. The van der Waals surface area contributed by atoms with E-state index in [9.17, 15) is 0 Å². The molecule has 0 saturated heterocycles. The summed E-state index contributed by atoms with van der Waals surface area (Å²) in [6.07, 6.45) is 1.73. The van der Waals surface area contributed by atoms with Crippen LogP contribution in [0.4, 0.5) is 17.1 Å². The largest absolute Gasteiger partial charge is 0.310 e. The number of para-hydroxylation sites is 1. The van der Waals surface area contributed by atoms with Gasteiger partial charge < -0.3 is 9.47 Å². The Labute approximate surface area is 349 Å². The van der Waals surface area contributed by atoms with E-state index in [0.717, 1.165) is 29.9 Å². The van der Waals surface area contributed by atoms with Crippen LogP contribution in [0.1, 0.15) is 22.3 Å². The van der Waals surface area contributed by atoms with Crippen LogP contribution in [0.3, 0.4) is 0 Å². The Morgan fingerprint density at radius 3 is 1.58 bits per heavy atom. The van der Waals surface area contributed by atoms with Crippen molar-refractivity contribution in [3.8, 4) is 27.9 Å². The van der Waals surface area contributed by atoms with E-state index in [0.29, 0.717) is 0 Å². The van der Waals surface area contributed by atoms with Crippen LogP contribution >= 0.6 is 0 Å². The third-order valence-corrected chi connectivity index (χ3v) is 12.7. The van der Waals surface area contributed by atoms with Crippen molar-refractivity contribution in [2.24, 2.45) is 0 Å². The maximum atomic E-state index is 2.48. The monoisotopic (exact) mass is 764 g/mol. The SMILES string of the molecule is c1ccc(-c2ccc(N(c3ccc(-n4c5ccccc5c5cc(-c6ccccc6)ccc54)cc3)c3ccc4cccc5c4c3Cc3cccc4cccc(c34)C5)cc2)cc1. The summed E-state index contributed by atoms with van der Waals surface area (Å²) in [5, 5.41) is 7.86. The summed E-state index contributed by atoms with van der Waals surface area (Å²) in [4.78, 5) is 2.48. The van der Waals surface area contributed by atoms with Crippen LogP contribution in [0.2, 0.25) is 0 Å². The second-order valence-corrected chi connectivity index (χ2v) is 16.1. The van der Waals surface area contributed by atoms with Crippen LogP contribution in [0.5, 0.6) is 0 Å². The highest BCUT2D eigenvalue weighted by atomic mass is 15.1. The van der Waals surface area contributed by atoms with Crippen LogP contribution in [0.15, 0.2) is 218 Å². The minimum absolute atomic E-state index is 0.834. The van der Waals surface area contributed by atoms with Gasteiger partial charge in [0.05, 0.1) is 16.7 Å². The molecule has 282 valence electrons. The highest BCUT2D eigenvalue weighted by molar-refractivity contribution is 6.10. The molecule has 0 fully saturated rings. The van der Waals surface area contributed by atoms with Crippen molar-refractivity contribution >= 4 is 60.4 Å². The molecule has 0 aliphatic heterocycles. The Bertz CT molecular complexity index is 3390. The first-order valence-electron chi connectivity index (χ1n) is 20.9. The van der Waals surface area contributed by atoms with E-state index in [1.165, 1.54) is 93.5 Å². The molecule has 2 heteroatoms. The van der Waals surface area contributed by atoms with E-state index in [1.54, 1.807) is 0 Å². The van der Waals surface area contributed by atoms with Crippen molar-refractivity contribution in [2.75, 3.05) is 4.90 Å². The molecular formula is C58H40N2. The molecule has 0 unspecified atom stereocenters. The molecule has 0 bridgehead atoms. The number of aromatic nitrogens is 1. The van der Waals surface area contributed by atoms with Crippen molar-refractivity contribution in [1.29, 1.82) is 0 Å². The molecule has 0 N–H and O–H groups in total. The first-order valence-corrected chi connectivity index (χ1v) is 20.9. The van der Waals surface area contributed by atoms with Gasteiger partial charge in [0.25, 0.3) is 0 Å². The quantitative estimate of drug-likeness (QED) is 0.164. The summed E-state index contributed by atoms with van der Waals surface area (Å²) >= 11 is 0. The number of rotatable bonds is 6. The number of nitrogens with zero attached hydrogens (tertiary/aromatic N) is 2. The number of fused-ring (bicyclic) bond motifs is 3. The zero-order valence-electron chi connectivity index (χ0n) is 33.1. The molecule has 0 spiro atoms. The molecule has 60 heavy (non-hydrogen) atoms. The topological polar surface area (TPSA) is 8.17 Å². The van der Waals surface area contributed by atoms with Gasteiger partial charge in [-0.15, -0.1) is 0 Å². The van der Waals surface area contributed by atoms with Gasteiger partial charge in [-0.05, 0) is 133 Å². The Hall–Kier alpha value is -7.68. The standard InChI is InChI=1S/C58H40N2/c1-3-12-39(13-4-1)41-24-28-48(29-25-41)59(56-34-26-43-18-11-20-46-36-45-19-9-16-42-17-10-21-47(57(42)45)38-53(56)58(43)46)49-30-32-50(33-31-49)60-54-23-8-7-22-51(54)52-37-44(27-35-55(52)60)40-14-5-2-6-15-40/h1-35,37H,36,38H2. The lowest BCUT2D eigenvalue weighted by atomic mass is 9.84. The maximum Gasteiger partial charge on any atom is 0.0541 e. The van der Waals surface area contributed by atoms with Gasteiger partial charge in [0, 0.05) is 34.3 Å². The van der Waals surface area contributed by atoms with Crippen molar-refractivity contribution in [1.82, 2.24) is 4.57 Å². The number of hydrogen-bond donors (Lipinski definition) is 0. The third-order valence-electron chi connectivity index (χ3n) is 12.7. The Kier molecular flexibility index (Phi) is 8.02. The summed E-state index contributed by atoms with van der Waals surface area (Å²) < 4.78 is 2.42. The van der Waals surface area contributed by atoms with E-state index < -0.39 is 0 Å². The first kappa shape index (κ1) is 34.4. The predicted molar refractivity (Wildman–Crippen MR) is 253 cm³/mol. The van der Waals surface area contributed by atoms with Crippen LogP contribution in [-0.2, 0) is 12.8 Å². The van der Waals surface area contributed by atoms with Crippen LogP contribution in [0.25, 0.3) is 71.3 Å². The number of benzene rings is 10. The van der Waals surface area contributed by atoms with Gasteiger partial charge in [-0.25, -0.2) is 0 Å². The fourth-order valence-corrected chi connectivity index (χ4v) is 9.92. The van der Waals surface area contributed by atoms with Gasteiger partial charge in [0.1, 0.15) is 0 Å². The third kappa shape index (κ3) is 5.64. The van der Waals surface area contributed by atoms with E-state index in [2.05, 4.69) is 228 Å². The molecule has 1 aliphatic rings.